The third kappa shape index (κ3) is 6.94. The van der Waals surface area contributed by atoms with Gasteiger partial charge in [0, 0.05) is 11.8 Å². The van der Waals surface area contributed by atoms with E-state index in [1.807, 2.05) is 6.92 Å². The molecule has 0 aromatic heterocycles. The maximum Gasteiger partial charge on any atom is 0.412 e. The van der Waals surface area contributed by atoms with Gasteiger partial charge in [-0.2, -0.15) is 0 Å². The topological polar surface area (TPSA) is 132 Å². The number of anilines is 3. The minimum atomic E-state index is -0.626. The number of para-hydroxylation sites is 2. The van der Waals surface area contributed by atoms with Gasteiger partial charge in [-0.3, -0.25) is 10.1 Å². The number of hydrogen-bond donors (Lipinski definition) is 4. The Morgan fingerprint density at radius 2 is 1.81 bits per heavy atom. The number of ether oxygens (including phenoxy) is 3. The van der Waals surface area contributed by atoms with Gasteiger partial charge >= 0.3 is 6.09 Å². The molecule has 2 amide bonds. The van der Waals surface area contributed by atoms with Gasteiger partial charge in [-0.25, -0.2) is 4.79 Å². The lowest BCUT2D eigenvalue weighted by molar-refractivity contribution is -0.111. The molecular weight excluding hydrogens is 474 g/mol. The molecule has 0 bridgehead atoms. The van der Waals surface area contributed by atoms with Gasteiger partial charge in [-0.1, -0.05) is 37.3 Å². The summed E-state index contributed by atoms with van der Waals surface area (Å²) >= 11 is 0. The average Bonchev–Trinajstić information content (AvgIpc) is 3.35. The molecule has 3 aromatic rings. The van der Waals surface area contributed by atoms with Gasteiger partial charge in [0.25, 0.3) is 0 Å². The molecule has 192 valence electrons. The maximum atomic E-state index is 12.8. The molecule has 1 aliphatic heterocycles. The molecule has 0 saturated carbocycles. The molecule has 1 heterocycles. The highest BCUT2D eigenvalue weighted by atomic mass is 16.7. The van der Waals surface area contributed by atoms with E-state index in [2.05, 4.69) is 10.6 Å². The first-order chi connectivity index (χ1) is 17.9. The van der Waals surface area contributed by atoms with Crippen LogP contribution in [-0.2, 0) is 9.53 Å². The number of fused-ring (bicyclic) bond motifs is 1. The van der Waals surface area contributed by atoms with Crippen LogP contribution in [0.4, 0.5) is 21.9 Å². The van der Waals surface area contributed by atoms with E-state index in [0.29, 0.717) is 41.4 Å². The molecule has 4 rings (SSSR count). The van der Waals surface area contributed by atoms with Crippen LogP contribution in [0.3, 0.4) is 0 Å². The van der Waals surface area contributed by atoms with Gasteiger partial charge < -0.3 is 30.4 Å². The van der Waals surface area contributed by atoms with Crippen molar-refractivity contribution in [3.63, 3.8) is 0 Å². The van der Waals surface area contributed by atoms with Crippen molar-refractivity contribution in [2.24, 2.45) is 5.92 Å². The number of phenolic OH excluding ortho intramolecular Hbond substituents is 1. The van der Waals surface area contributed by atoms with Crippen LogP contribution in [0.25, 0.3) is 0 Å². The van der Waals surface area contributed by atoms with Crippen LogP contribution in [0.2, 0.25) is 0 Å². The normalized spacial score (nSPS) is 13.6. The molecule has 9 heteroatoms. The van der Waals surface area contributed by atoms with Crippen molar-refractivity contribution in [2.45, 2.75) is 25.9 Å². The quantitative estimate of drug-likeness (QED) is 0.221. The molecule has 0 saturated heterocycles. The summed E-state index contributed by atoms with van der Waals surface area (Å²) < 4.78 is 16.5. The van der Waals surface area contributed by atoms with Gasteiger partial charge in [-0.05, 0) is 66.8 Å². The molecule has 9 nitrogen and oxygen atoms in total. The van der Waals surface area contributed by atoms with E-state index in [4.69, 9.17) is 19.9 Å². The Bertz CT molecular complexity index is 1280. The van der Waals surface area contributed by atoms with Crippen LogP contribution in [0.5, 0.6) is 17.2 Å². The molecule has 0 spiro atoms. The summed E-state index contributed by atoms with van der Waals surface area (Å²) in [7, 11) is 0. The van der Waals surface area contributed by atoms with Crippen LogP contribution in [0.15, 0.2) is 78.9 Å². The molecule has 1 aliphatic rings. The Labute approximate surface area is 214 Å². The minimum absolute atomic E-state index is 0.0930. The first-order valence-corrected chi connectivity index (χ1v) is 11.9. The van der Waals surface area contributed by atoms with Crippen LogP contribution in [0, 0.1) is 5.92 Å². The third-order valence-corrected chi connectivity index (χ3v) is 5.87. The van der Waals surface area contributed by atoms with Crippen LogP contribution in [-0.4, -0.2) is 23.9 Å². The zero-order valence-corrected chi connectivity index (χ0v) is 20.3. The molecule has 0 radical (unpaired) electrons. The van der Waals surface area contributed by atoms with Crippen molar-refractivity contribution >= 4 is 29.1 Å². The minimum Gasteiger partial charge on any atom is -0.508 e. The second-order valence-corrected chi connectivity index (χ2v) is 8.64. The van der Waals surface area contributed by atoms with Gasteiger partial charge in [0.15, 0.2) is 11.5 Å². The lowest BCUT2D eigenvalue weighted by atomic mass is 9.93. The fourth-order valence-corrected chi connectivity index (χ4v) is 3.90. The first kappa shape index (κ1) is 25.4. The number of benzene rings is 3. The molecule has 3 aromatic carbocycles. The number of carbonyl (C=O) groups excluding carboxylic acids is 2. The van der Waals surface area contributed by atoms with Crippen molar-refractivity contribution in [1.29, 1.82) is 0 Å². The average molecular weight is 504 g/mol. The van der Waals surface area contributed by atoms with E-state index in [1.54, 1.807) is 72.8 Å². The van der Waals surface area contributed by atoms with Crippen molar-refractivity contribution in [1.82, 2.24) is 0 Å². The van der Waals surface area contributed by atoms with Crippen LogP contribution in [0.1, 0.15) is 31.4 Å². The van der Waals surface area contributed by atoms with E-state index >= 15 is 0 Å². The van der Waals surface area contributed by atoms with Crippen molar-refractivity contribution < 1.29 is 28.9 Å². The van der Waals surface area contributed by atoms with Crippen LogP contribution < -0.4 is 25.8 Å². The van der Waals surface area contributed by atoms with E-state index in [1.165, 1.54) is 6.08 Å². The number of hydrogen-bond acceptors (Lipinski definition) is 7. The Kier molecular flexibility index (Phi) is 8.15. The first-order valence-electron chi connectivity index (χ1n) is 11.9. The maximum absolute atomic E-state index is 12.8. The molecule has 2 atom stereocenters. The van der Waals surface area contributed by atoms with Gasteiger partial charge in [0.1, 0.15) is 11.9 Å². The van der Waals surface area contributed by atoms with E-state index in [-0.39, 0.29) is 24.4 Å². The lowest BCUT2D eigenvalue weighted by Crippen LogP contribution is -2.22. The Morgan fingerprint density at radius 3 is 2.59 bits per heavy atom. The second-order valence-electron chi connectivity index (χ2n) is 8.64. The molecular formula is C28H29N3O6. The number of nitrogens with one attached hydrogen (secondary N) is 2. The number of carbonyl (C=O) groups is 2. The second kappa shape index (κ2) is 11.9. The van der Waals surface area contributed by atoms with Crippen molar-refractivity contribution in [3.05, 3.63) is 84.4 Å². The SMILES string of the molecule is C[C@@H](CC/C=C/C(=O)Nc1ccccc1N)[C@H](OC(=O)Nc1ccc2c(c1)OCO2)c1ccc(O)cc1. The summed E-state index contributed by atoms with van der Waals surface area (Å²) in [5.41, 5.74) is 8.16. The molecule has 37 heavy (non-hydrogen) atoms. The summed E-state index contributed by atoms with van der Waals surface area (Å²) in [5, 5.41) is 15.2. The third-order valence-electron chi connectivity index (χ3n) is 5.87. The molecule has 0 fully saturated rings. The number of amides is 2. The summed E-state index contributed by atoms with van der Waals surface area (Å²) in [6.45, 7) is 2.10. The van der Waals surface area contributed by atoms with Gasteiger partial charge in [0.2, 0.25) is 12.7 Å². The van der Waals surface area contributed by atoms with Crippen molar-refractivity contribution in [2.75, 3.05) is 23.2 Å². The Hall–Kier alpha value is -4.66. The van der Waals surface area contributed by atoms with Gasteiger partial charge in [0.05, 0.1) is 11.4 Å². The lowest BCUT2D eigenvalue weighted by Gasteiger charge is -2.24. The van der Waals surface area contributed by atoms with E-state index in [9.17, 15) is 14.7 Å². The number of allylic oxidation sites excluding steroid dienone is 1. The molecule has 5 N–H and O–H groups in total. The standard InChI is InChI=1S/C28H29N3O6/c1-18(6-2-5-9-26(33)31-23-8-4-3-7-22(23)29)27(19-10-13-21(32)14-11-19)37-28(34)30-20-12-15-24-25(16-20)36-17-35-24/h3-5,7-16,18,27,32H,2,6,17,29H2,1H3,(H,30,34)(H,31,33)/b9-5+/t18-,27-/m0/s1. The van der Waals surface area contributed by atoms with Gasteiger partial charge in [-0.15, -0.1) is 0 Å². The van der Waals surface area contributed by atoms with E-state index < -0.39 is 12.2 Å². The zero-order valence-electron chi connectivity index (χ0n) is 20.3. The highest BCUT2D eigenvalue weighted by molar-refractivity contribution is 6.01. The summed E-state index contributed by atoms with van der Waals surface area (Å²) in [6.07, 6.45) is 3.24. The summed E-state index contributed by atoms with van der Waals surface area (Å²) in [4.78, 5) is 25.0. The number of rotatable bonds is 9. The monoisotopic (exact) mass is 503 g/mol. The number of nitrogens with two attached hydrogens (primary N) is 1. The largest absolute Gasteiger partial charge is 0.508 e. The van der Waals surface area contributed by atoms with E-state index in [0.717, 1.165) is 5.56 Å². The Balaban J connectivity index is 1.36. The fraction of sp³-hybridized carbons (Fsp3) is 0.214. The van der Waals surface area contributed by atoms with Crippen LogP contribution >= 0.6 is 0 Å². The molecule has 0 unspecified atom stereocenters. The Morgan fingerprint density at radius 1 is 1.05 bits per heavy atom. The highest BCUT2D eigenvalue weighted by Crippen LogP contribution is 2.35. The fourth-order valence-electron chi connectivity index (χ4n) is 3.90. The van der Waals surface area contributed by atoms with Crippen molar-refractivity contribution in [3.8, 4) is 17.2 Å². The number of nitrogen functional groups attached to an aromatic ring is 1. The zero-order chi connectivity index (χ0) is 26.2. The predicted molar refractivity (Wildman–Crippen MR) is 141 cm³/mol. The highest BCUT2D eigenvalue weighted by Gasteiger charge is 2.24. The smallest absolute Gasteiger partial charge is 0.412 e. The predicted octanol–water partition coefficient (Wildman–Crippen LogP) is 5.60. The summed E-state index contributed by atoms with van der Waals surface area (Å²) in [5.74, 6) is 0.910. The number of aromatic hydroxyl groups is 1. The molecule has 0 aliphatic carbocycles. The summed E-state index contributed by atoms with van der Waals surface area (Å²) in [6, 6.07) is 18.7. The number of phenols is 1.